The van der Waals surface area contributed by atoms with Crippen molar-refractivity contribution in [2.24, 2.45) is 5.73 Å². The Morgan fingerprint density at radius 3 is 2.62 bits per heavy atom. The highest BCUT2D eigenvalue weighted by Crippen LogP contribution is 2.36. The monoisotopic (exact) mass is 179 g/mol. The molecule has 1 aromatic rings. The quantitative estimate of drug-likeness (QED) is 0.741. The van der Waals surface area contributed by atoms with E-state index in [9.17, 15) is 4.39 Å². The molecule has 0 saturated heterocycles. The first-order chi connectivity index (χ1) is 6.29. The summed E-state index contributed by atoms with van der Waals surface area (Å²) in [6.07, 6.45) is 3.68. The van der Waals surface area contributed by atoms with Gasteiger partial charge in [-0.3, -0.25) is 0 Å². The Morgan fingerprint density at radius 1 is 1.31 bits per heavy atom. The van der Waals surface area contributed by atoms with Crippen molar-refractivity contribution in [2.75, 3.05) is 0 Å². The Hall–Kier alpha value is -0.890. The fourth-order valence-electron chi connectivity index (χ4n) is 1.77. The van der Waals surface area contributed by atoms with E-state index in [-0.39, 0.29) is 5.82 Å². The van der Waals surface area contributed by atoms with Gasteiger partial charge in [0.1, 0.15) is 5.82 Å². The molecule has 0 bridgehead atoms. The minimum Gasteiger partial charge on any atom is -0.326 e. The molecule has 0 aliphatic heterocycles. The number of rotatable bonds is 2. The van der Waals surface area contributed by atoms with E-state index in [0.29, 0.717) is 12.5 Å². The zero-order valence-corrected chi connectivity index (χ0v) is 7.59. The van der Waals surface area contributed by atoms with Gasteiger partial charge in [-0.25, -0.2) is 4.39 Å². The fourth-order valence-corrected chi connectivity index (χ4v) is 1.77. The molecule has 2 rings (SSSR count). The van der Waals surface area contributed by atoms with E-state index in [1.54, 1.807) is 6.07 Å². The number of hydrogen-bond acceptors (Lipinski definition) is 1. The van der Waals surface area contributed by atoms with E-state index in [2.05, 4.69) is 0 Å². The maximum atomic E-state index is 13.1. The van der Waals surface area contributed by atoms with Crippen LogP contribution in [0.5, 0.6) is 0 Å². The summed E-state index contributed by atoms with van der Waals surface area (Å²) < 4.78 is 13.1. The van der Waals surface area contributed by atoms with Gasteiger partial charge in [-0.1, -0.05) is 12.5 Å². The predicted octanol–water partition coefficient (Wildman–Crippen LogP) is 2.55. The Labute approximate surface area is 77.8 Å². The van der Waals surface area contributed by atoms with Crippen LogP contribution in [0.4, 0.5) is 4.39 Å². The van der Waals surface area contributed by atoms with Gasteiger partial charge < -0.3 is 5.73 Å². The first kappa shape index (κ1) is 8.70. The SMILES string of the molecule is NCc1cc(F)cc(C2CCC2)c1. The molecule has 13 heavy (non-hydrogen) atoms. The van der Waals surface area contributed by atoms with Crippen LogP contribution in [0.15, 0.2) is 18.2 Å². The van der Waals surface area contributed by atoms with Gasteiger partial charge in [0.25, 0.3) is 0 Å². The topological polar surface area (TPSA) is 26.0 Å². The largest absolute Gasteiger partial charge is 0.326 e. The van der Waals surface area contributed by atoms with Crippen molar-refractivity contribution in [3.8, 4) is 0 Å². The zero-order valence-electron chi connectivity index (χ0n) is 7.59. The number of nitrogens with two attached hydrogens (primary N) is 1. The molecule has 70 valence electrons. The molecule has 0 amide bonds. The first-order valence-electron chi connectivity index (χ1n) is 4.79. The summed E-state index contributed by atoms with van der Waals surface area (Å²) in [7, 11) is 0. The molecular weight excluding hydrogens is 165 g/mol. The molecule has 1 aromatic carbocycles. The summed E-state index contributed by atoms with van der Waals surface area (Å²) in [5.74, 6) is 0.436. The molecular formula is C11H14FN. The lowest BCUT2D eigenvalue weighted by molar-refractivity contribution is 0.417. The molecule has 0 atom stereocenters. The molecule has 2 heteroatoms. The van der Waals surface area contributed by atoms with Crippen molar-refractivity contribution in [1.82, 2.24) is 0 Å². The molecule has 1 aliphatic rings. The van der Waals surface area contributed by atoms with Crippen molar-refractivity contribution < 1.29 is 4.39 Å². The van der Waals surface area contributed by atoms with Gasteiger partial charge in [-0.15, -0.1) is 0 Å². The minimum absolute atomic E-state index is 0.148. The van der Waals surface area contributed by atoms with Crippen LogP contribution in [0.2, 0.25) is 0 Å². The molecule has 0 unspecified atom stereocenters. The van der Waals surface area contributed by atoms with Gasteiger partial charge >= 0.3 is 0 Å². The highest BCUT2D eigenvalue weighted by Gasteiger charge is 2.20. The molecule has 1 fully saturated rings. The van der Waals surface area contributed by atoms with Gasteiger partial charge in [0.2, 0.25) is 0 Å². The van der Waals surface area contributed by atoms with Gasteiger partial charge in [0.05, 0.1) is 0 Å². The van der Waals surface area contributed by atoms with Crippen LogP contribution in [-0.4, -0.2) is 0 Å². The Kier molecular flexibility index (Phi) is 2.32. The summed E-state index contributed by atoms with van der Waals surface area (Å²) in [5, 5.41) is 0. The molecule has 0 radical (unpaired) electrons. The summed E-state index contributed by atoms with van der Waals surface area (Å²) >= 11 is 0. The third kappa shape index (κ3) is 1.73. The fraction of sp³-hybridized carbons (Fsp3) is 0.455. The lowest BCUT2D eigenvalue weighted by Crippen LogP contribution is -2.10. The highest BCUT2D eigenvalue weighted by atomic mass is 19.1. The Balaban J connectivity index is 2.28. The number of halogens is 1. The maximum absolute atomic E-state index is 13.1. The van der Waals surface area contributed by atoms with Crippen LogP contribution in [0.3, 0.4) is 0 Å². The van der Waals surface area contributed by atoms with E-state index < -0.39 is 0 Å². The summed E-state index contributed by atoms with van der Waals surface area (Å²) in [6, 6.07) is 5.19. The van der Waals surface area contributed by atoms with Crippen LogP contribution in [0, 0.1) is 5.82 Å². The molecule has 1 aliphatic carbocycles. The van der Waals surface area contributed by atoms with Gasteiger partial charge in [-0.2, -0.15) is 0 Å². The van der Waals surface area contributed by atoms with Gasteiger partial charge in [0.15, 0.2) is 0 Å². The van der Waals surface area contributed by atoms with Crippen LogP contribution in [-0.2, 0) is 6.54 Å². The second kappa shape index (κ2) is 3.46. The van der Waals surface area contributed by atoms with Gasteiger partial charge in [-0.05, 0) is 42.0 Å². The predicted molar refractivity (Wildman–Crippen MR) is 50.9 cm³/mol. The lowest BCUT2D eigenvalue weighted by Gasteiger charge is -2.26. The third-order valence-electron chi connectivity index (χ3n) is 2.79. The maximum Gasteiger partial charge on any atom is 0.123 e. The standard InChI is InChI=1S/C11H14FN/c12-11-5-8(7-13)4-10(6-11)9-2-1-3-9/h4-6,9H,1-3,7,13H2. The molecule has 0 aromatic heterocycles. The third-order valence-corrected chi connectivity index (χ3v) is 2.79. The lowest BCUT2D eigenvalue weighted by atomic mass is 9.79. The molecule has 0 spiro atoms. The van der Waals surface area contributed by atoms with E-state index in [1.165, 1.54) is 25.3 Å². The van der Waals surface area contributed by atoms with E-state index >= 15 is 0 Å². The van der Waals surface area contributed by atoms with Crippen molar-refractivity contribution >= 4 is 0 Å². The average molecular weight is 179 g/mol. The van der Waals surface area contributed by atoms with Crippen molar-refractivity contribution in [3.05, 3.63) is 35.1 Å². The minimum atomic E-state index is -0.148. The van der Waals surface area contributed by atoms with Gasteiger partial charge in [0, 0.05) is 6.54 Å². The molecule has 2 N–H and O–H groups in total. The zero-order chi connectivity index (χ0) is 9.26. The van der Waals surface area contributed by atoms with E-state index in [0.717, 1.165) is 11.1 Å². The summed E-state index contributed by atoms with van der Waals surface area (Å²) in [6.45, 7) is 0.428. The van der Waals surface area contributed by atoms with Crippen LogP contribution in [0.1, 0.15) is 36.3 Å². The second-order valence-electron chi connectivity index (χ2n) is 3.72. The number of benzene rings is 1. The molecule has 1 nitrogen and oxygen atoms in total. The van der Waals surface area contributed by atoms with Crippen molar-refractivity contribution in [3.63, 3.8) is 0 Å². The average Bonchev–Trinajstić information content (AvgIpc) is 2.00. The Morgan fingerprint density at radius 2 is 2.08 bits per heavy atom. The van der Waals surface area contributed by atoms with Crippen LogP contribution < -0.4 is 5.73 Å². The molecule has 0 heterocycles. The first-order valence-corrected chi connectivity index (χ1v) is 4.79. The van der Waals surface area contributed by atoms with Crippen LogP contribution in [0.25, 0.3) is 0 Å². The van der Waals surface area contributed by atoms with E-state index in [1.807, 2.05) is 6.07 Å². The highest BCUT2D eigenvalue weighted by molar-refractivity contribution is 5.28. The molecule has 1 saturated carbocycles. The smallest absolute Gasteiger partial charge is 0.123 e. The van der Waals surface area contributed by atoms with E-state index in [4.69, 9.17) is 5.73 Å². The normalized spacial score (nSPS) is 17.1. The Bertz CT molecular complexity index is 305. The summed E-state index contributed by atoms with van der Waals surface area (Å²) in [4.78, 5) is 0. The van der Waals surface area contributed by atoms with Crippen molar-refractivity contribution in [2.45, 2.75) is 31.7 Å². The second-order valence-corrected chi connectivity index (χ2v) is 3.72. The number of hydrogen-bond donors (Lipinski definition) is 1. The van der Waals surface area contributed by atoms with Crippen molar-refractivity contribution in [1.29, 1.82) is 0 Å². The summed E-state index contributed by atoms with van der Waals surface area (Å²) in [5.41, 5.74) is 7.52. The van der Waals surface area contributed by atoms with Crippen LogP contribution >= 0.6 is 0 Å².